The predicted molar refractivity (Wildman–Crippen MR) is 93.6 cm³/mol. The lowest BCUT2D eigenvalue weighted by molar-refractivity contribution is 0.241. The van der Waals surface area contributed by atoms with Gasteiger partial charge in [-0.25, -0.2) is 12.8 Å². The molecule has 0 heterocycles. The molecule has 2 aromatic rings. The zero-order valence-electron chi connectivity index (χ0n) is 12.8. The number of nitrogens with zero attached hydrogens (tertiary/aromatic N) is 1. The topological polar surface area (TPSA) is 66.5 Å². The number of hydrogen-bond acceptors (Lipinski definition) is 4. The quantitative estimate of drug-likeness (QED) is 0.802. The molecule has 1 amide bonds. The van der Waals surface area contributed by atoms with Gasteiger partial charge in [0.15, 0.2) is 0 Å². The smallest absolute Gasteiger partial charge is 0.285 e. The van der Waals surface area contributed by atoms with Crippen molar-refractivity contribution < 1.29 is 17.6 Å². The van der Waals surface area contributed by atoms with Crippen LogP contribution in [0, 0.1) is 5.82 Å². The molecule has 0 unspecified atom stereocenters. The SMILES string of the molecule is CN(C)C(=O)Sc1cccc(NS(=O)(=O)c2ccc(Cl)cc2F)c1. The molecule has 0 spiro atoms. The lowest BCUT2D eigenvalue weighted by Crippen LogP contribution is -2.16. The molecule has 24 heavy (non-hydrogen) atoms. The van der Waals surface area contributed by atoms with E-state index in [4.69, 9.17) is 11.6 Å². The molecular formula is C15H14ClFN2O3S2. The molecule has 0 atom stereocenters. The van der Waals surface area contributed by atoms with Crippen molar-refractivity contribution in [2.75, 3.05) is 18.8 Å². The van der Waals surface area contributed by atoms with Gasteiger partial charge in [0, 0.05) is 29.7 Å². The van der Waals surface area contributed by atoms with E-state index in [0.717, 1.165) is 23.9 Å². The molecule has 0 radical (unpaired) electrons. The number of nitrogens with one attached hydrogen (secondary N) is 1. The zero-order valence-corrected chi connectivity index (χ0v) is 15.2. The summed E-state index contributed by atoms with van der Waals surface area (Å²) < 4.78 is 40.7. The van der Waals surface area contributed by atoms with Crippen molar-refractivity contribution in [3.63, 3.8) is 0 Å². The molecule has 0 saturated heterocycles. The first-order chi connectivity index (χ1) is 11.2. The van der Waals surface area contributed by atoms with Crippen LogP contribution in [0.2, 0.25) is 5.02 Å². The Morgan fingerprint density at radius 2 is 1.92 bits per heavy atom. The third-order valence-corrected chi connectivity index (χ3v) is 5.52. The lowest BCUT2D eigenvalue weighted by atomic mass is 10.3. The molecule has 1 N–H and O–H groups in total. The summed E-state index contributed by atoms with van der Waals surface area (Å²) in [4.78, 5) is 13.2. The van der Waals surface area contributed by atoms with Crippen molar-refractivity contribution in [1.82, 2.24) is 4.90 Å². The molecule has 2 rings (SSSR count). The lowest BCUT2D eigenvalue weighted by Gasteiger charge is -2.12. The summed E-state index contributed by atoms with van der Waals surface area (Å²) in [6, 6.07) is 9.59. The van der Waals surface area contributed by atoms with Gasteiger partial charge in [0.2, 0.25) is 0 Å². The van der Waals surface area contributed by atoms with E-state index in [0.29, 0.717) is 4.90 Å². The second kappa shape index (κ2) is 7.42. The molecule has 0 bridgehead atoms. The summed E-state index contributed by atoms with van der Waals surface area (Å²) in [5, 5.41) is -0.0919. The number of carbonyl (C=O) groups excluding carboxylic acids is 1. The summed E-state index contributed by atoms with van der Waals surface area (Å²) >= 11 is 6.58. The van der Waals surface area contributed by atoms with Gasteiger partial charge in [0.05, 0.1) is 0 Å². The van der Waals surface area contributed by atoms with E-state index >= 15 is 0 Å². The highest BCUT2D eigenvalue weighted by Gasteiger charge is 2.19. The van der Waals surface area contributed by atoms with Crippen LogP contribution in [0.5, 0.6) is 0 Å². The zero-order chi connectivity index (χ0) is 17.9. The Balaban J connectivity index is 2.25. The van der Waals surface area contributed by atoms with Crippen LogP contribution in [0.15, 0.2) is 52.3 Å². The molecule has 2 aromatic carbocycles. The number of hydrogen-bond donors (Lipinski definition) is 1. The van der Waals surface area contributed by atoms with E-state index in [-0.39, 0.29) is 15.9 Å². The third-order valence-electron chi connectivity index (χ3n) is 2.84. The molecule has 0 aliphatic carbocycles. The molecule has 5 nitrogen and oxygen atoms in total. The van der Waals surface area contributed by atoms with Crippen LogP contribution in [-0.2, 0) is 10.0 Å². The fraction of sp³-hybridized carbons (Fsp3) is 0.133. The van der Waals surface area contributed by atoms with Crippen LogP contribution in [0.1, 0.15) is 0 Å². The maximum atomic E-state index is 13.8. The van der Waals surface area contributed by atoms with Crippen LogP contribution in [0.3, 0.4) is 0 Å². The Labute approximate surface area is 148 Å². The van der Waals surface area contributed by atoms with Gasteiger partial charge in [0.1, 0.15) is 10.7 Å². The number of halogens is 2. The van der Waals surface area contributed by atoms with Crippen LogP contribution in [0.25, 0.3) is 0 Å². The average Bonchev–Trinajstić information content (AvgIpc) is 2.46. The first-order valence-corrected chi connectivity index (χ1v) is 9.34. The van der Waals surface area contributed by atoms with Crippen molar-refractivity contribution in [2.24, 2.45) is 0 Å². The predicted octanol–water partition coefficient (Wildman–Crippen LogP) is 4.05. The number of anilines is 1. The van der Waals surface area contributed by atoms with Crippen LogP contribution >= 0.6 is 23.4 Å². The maximum absolute atomic E-state index is 13.8. The van der Waals surface area contributed by atoms with Gasteiger partial charge >= 0.3 is 0 Å². The minimum Gasteiger partial charge on any atom is -0.339 e. The normalized spacial score (nSPS) is 11.2. The summed E-state index contributed by atoms with van der Waals surface area (Å²) in [7, 11) is -0.878. The fourth-order valence-electron chi connectivity index (χ4n) is 1.72. The summed E-state index contributed by atoms with van der Waals surface area (Å²) in [6.07, 6.45) is 0. The number of carbonyl (C=O) groups is 1. The minimum absolute atomic E-state index is 0.104. The summed E-state index contributed by atoms with van der Waals surface area (Å²) in [5.41, 5.74) is 0.223. The highest BCUT2D eigenvalue weighted by Crippen LogP contribution is 2.26. The molecule has 0 aliphatic heterocycles. The van der Waals surface area contributed by atoms with Gasteiger partial charge in [-0.2, -0.15) is 0 Å². The van der Waals surface area contributed by atoms with E-state index in [1.165, 1.54) is 23.1 Å². The van der Waals surface area contributed by atoms with Gasteiger partial charge < -0.3 is 4.90 Å². The fourth-order valence-corrected chi connectivity index (χ4v) is 3.70. The van der Waals surface area contributed by atoms with Gasteiger partial charge in [0.25, 0.3) is 15.3 Å². The van der Waals surface area contributed by atoms with Gasteiger partial charge in [-0.3, -0.25) is 9.52 Å². The van der Waals surface area contributed by atoms with E-state index in [2.05, 4.69) is 4.72 Å². The Morgan fingerprint density at radius 1 is 1.21 bits per heavy atom. The standard InChI is InChI=1S/C15H14ClFN2O3S2/c1-19(2)15(20)23-12-5-3-4-11(9-12)18-24(21,22)14-7-6-10(16)8-13(14)17/h3-9,18H,1-2H3. The van der Waals surface area contributed by atoms with Crippen LogP contribution < -0.4 is 4.72 Å². The van der Waals surface area contributed by atoms with Gasteiger partial charge in [-0.1, -0.05) is 17.7 Å². The molecular weight excluding hydrogens is 375 g/mol. The number of rotatable bonds is 4. The molecule has 0 fully saturated rings. The number of sulfonamides is 1. The van der Waals surface area contributed by atoms with Crippen LogP contribution in [-0.4, -0.2) is 32.7 Å². The van der Waals surface area contributed by atoms with Gasteiger partial charge in [-0.05, 0) is 48.2 Å². The highest BCUT2D eigenvalue weighted by molar-refractivity contribution is 8.13. The van der Waals surface area contributed by atoms with E-state index in [1.807, 2.05) is 0 Å². The van der Waals surface area contributed by atoms with Gasteiger partial charge in [-0.15, -0.1) is 0 Å². The Morgan fingerprint density at radius 3 is 2.54 bits per heavy atom. The average molecular weight is 389 g/mol. The maximum Gasteiger partial charge on any atom is 0.285 e. The first kappa shape index (κ1) is 18.6. The highest BCUT2D eigenvalue weighted by atomic mass is 35.5. The van der Waals surface area contributed by atoms with E-state index in [9.17, 15) is 17.6 Å². The second-order valence-electron chi connectivity index (χ2n) is 4.97. The van der Waals surface area contributed by atoms with Crippen molar-refractivity contribution in [2.45, 2.75) is 9.79 Å². The number of benzene rings is 2. The van der Waals surface area contributed by atoms with Crippen LogP contribution in [0.4, 0.5) is 14.9 Å². The monoisotopic (exact) mass is 388 g/mol. The van der Waals surface area contributed by atoms with Crippen molar-refractivity contribution >= 4 is 44.3 Å². The largest absolute Gasteiger partial charge is 0.339 e. The van der Waals surface area contributed by atoms with Crippen molar-refractivity contribution in [3.05, 3.63) is 53.3 Å². The summed E-state index contributed by atoms with van der Waals surface area (Å²) in [6.45, 7) is 0. The van der Waals surface area contributed by atoms with E-state index < -0.39 is 20.7 Å². The second-order valence-corrected chi connectivity index (χ2v) is 8.08. The molecule has 9 heteroatoms. The Hall–Kier alpha value is -1.77. The van der Waals surface area contributed by atoms with Crippen molar-refractivity contribution in [1.29, 1.82) is 0 Å². The van der Waals surface area contributed by atoms with Crippen molar-refractivity contribution in [3.8, 4) is 0 Å². The third kappa shape index (κ3) is 4.62. The Kier molecular flexibility index (Phi) is 5.74. The molecule has 0 aliphatic rings. The molecule has 0 saturated carbocycles. The number of amides is 1. The van der Waals surface area contributed by atoms with E-state index in [1.54, 1.807) is 26.2 Å². The molecule has 128 valence electrons. The number of thioether (sulfide) groups is 1. The first-order valence-electron chi connectivity index (χ1n) is 6.66. The minimum atomic E-state index is -4.11. The molecule has 0 aromatic heterocycles. The summed E-state index contributed by atoms with van der Waals surface area (Å²) in [5.74, 6) is -0.941. The Bertz CT molecular complexity index is 873.